The van der Waals surface area contributed by atoms with Crippen LogP contribution in [0.15, 0.2) is 36.5 Å². The van der Waals surface area contributed by atoms with Gasteiger partial charge in [-0.1, -0.05) is 49.8 Å². The van der Waals surface area contributed by atoms with Gasteiger partial charge in [0.05, 0.1) is 6.10 Å². The van der Waals surface area contributed by atoms with Crippen molar-refractivity contribution in [3.63, 3.8) is 0 Å². The summed E-state index contributed by atoms with van der Waals surface area (Å²) in [4.78, 5) is 10.3. The van der Waals surface area contributed by atoms with Crippen molar-refractivity contribution in [1.82, 2.24) is 0 Å². The molecule has 3 heteroatoms. The SMILES string of the molecule is CC/C=C/CC(O)/C=C/C=C\CCCCCC(=O)O. The number of unbranched alkanes of at least 4 members (excludes halogenated alkanes) is 3. The highest BCUT2D eigenvalue weighted by atomic mass is 16.4. The molecule has 19 heavy (non-hydrogen) atoms. The minimum absolute atomic E-state index is 0.265. The van der Waals surface area contributed by atoms with Crippen LogP contribution in [0.3, 0.4) is 0 Å². The Morgan fingerprint density at radius 3 is 2.58 bits per heavy atom. The Bertz CT molecular complexity index is 303. The first kappa shape index (κ1) is 17.6. The maximum Gasteiger partial charge on any atom is 0.303 e. The molecule has 108 valence electrons. The zero-order valence-electron chi connectivity index (χ0n) is 11.8. The number of carboxylic acids is 1. The summed E-state index contributed by atoms with van der Waals surface area (Å²) >= 11 is 0. The standard InChI is InChI=1S/C16H26O3/c1-2-3-9-12-15(17)13-10-7-5-4-6-8-11-14-16(18)19/h3,5,7,9-10,13,15,17H,2,4,6,8,11-12,14H2,1H3,(H,18,19)/b7-5-,9-3+,13-10+. The van der Waals surface area contributed by atoms with Gasteiger partial charge in [-0.2, -0.15) is 0 Å². The molecule has 0 saturated heterocycles. The monoisotopic (exact) mass is 266 g/mol. The van der Waals surface area contributed by atoms with Crippen LogP contribution in [0.4, 0.5) is 0 Å². The molecule has 1 atom stereocenters. The molecular weight excluding hydrogens is 240 g/mol. The van der Waals surface area contributed by atoms with Crippen LogP contribution in [0.5, 0.6) is 0 Å². The highest BCUT2D eigenvalue weighted by molar-refractivity contribution is 5.66. The molecule has 0 heterocycles. The van der Waals surface area contributed by atoms with Crippen LogP contribution in [-0.4, -0.2) is 22.3 Å². The van der Waals surface area contributed by atoms with Crippen LogP contribution in [-0.2, 0) is 4.79 Å². The molecule has 0 aliphatic heterocycles. The Kier molecular flexibility index (Phi) is 12.2. The van der Waals surface area contributed by atoms with Crippen molar-refractivity contribution in [1.29, 1.82) is 0 Å². The Hall–Kier alpha value is -1.35. The molecule has 0 fully saturated rings. The van der Waals surface area contributed by atoms with Gasteiger partial charge in [-0.05, 0) is 32.1 Å². The quantitative estimate of drug-likeness (QED) is 0.339. The summed E-state index contributed by atoms with van der Waals surface area (Å²) in [6.45, 7) is 2.07. The summed E-state index contributed by atoms with van der Waals surface area (Å²) in [6.07, 6.45) is 16.8. The molecule has 0 radical (unpaired) electrons. The molecule has 0 aromatic heterocycles. The average molecular weight is 266 g/mol. The third-order valence-electron chi connectivity index (χ3n) is 2.62. The van der Waals surface area contributed by atoms with Crippen molar-refractivity contribution in [2.24, 2.45) is 0 Å². The first-order valence-corrected chi connectivity index (χ1v) is 7.05. The molecule has 0 aromatic carbocycles. The van der Waals surface area contributed by atoms with Crippen molar-refractivity contribution in [3.8, 4) is 0 Å². The Labute approximate surface area is 116 Å². The number of hydrogen-bond donors (Lipinski definition) is 2. The minimum atomic E-state index is -0.718. The molecule has 0 aliphatic rings. The first-order chi connectivity index (χ1) is 9.16. The van der Waals surface area contributed by atoms with Gasteiger partial charge >= 0.3 is 5.97 Å². The van der Waals surface area contributed by atoms with Crippen LogP contribution >= 0.6 is 0 Å². The summed E-state index contributed by atoms with van der Waals surface area (Å²) in [6, 6.07) is 0. The van der Waals surface area contributed by atoms with Gasteiger partial charge in [-0.25, -0.2) is 0 Å². The van der Waals surface area contributed by atoms with Gasteiger partial charge in [0.2, 0.25) is 0 Å². The van der Waals surface area contributed by atoms with Crippen molar-refractivity contribution in [2.75, 3.05) is 0 Å². The van der Waals surface area contributed by atoms with Crippen LogP contribution in [0, 0.1) is 0 Å². The van der Waals surface area contributed by atoms with Crippen molar-refractivity contribution in [2.45, 2.75) is 58.0 Å². The first-order valence-electron chi connectivity index (χ1n) is 7.05. The molecule has 0 saturated carbocycles. The average Bonchev–Trinajstić information content (AvgIpc) is 2.36. The number of aliphatic hydroxyl groups excluding tert-OH is 1. The number of carboxylic acid groups (broad SMARTS) is 1. The summed E-state index contributed by atoms with van der Waals surface area (Å²) in [5.41, 5.74) is 0. The van der Waals surface area contributed by atoms with Gasteiger partial charge in [-0.15, -0.1) is 0 Å². The Morgan fingerprint density at radius 1 is 1.11 bits per heavy atom. The van der Waals surface area contributed by atoms with Crippen LogP contribution in [0.1, 0.15) is 51.9 Å². The maximum atomic E-state index is 10.3. The van der Waals surface area contributed by atoms with E-state index in [4.69, 9.17) is 5.11 Å². The topological polar surface area (TPSA) is 57.5 Å². The smallest absolute Gasteiger partial charge is 0.303 e. The van der Waals surface area contributed by atoms with Crippen LogP contribution in [0.2, 0.25) is 0 Å². The van der Waals surface area contributed by atoms with Crippen LogP contribution in [0.25, 0.3) is 0 Å². The Balaban J connectivity index is 3.50. The summed E-state index contributed by atoms with van der Waals surface area (Å²) in [5, 5.41) is 18.0. The lowest BCUT2D eigenvalue weighted by Gasteiger charge is -1.98. The number of rotatable bonds is 11. The molecule has 2 N–H and O–H groups in total. The van der Waals surface area contributed by atoms with Crippen molar-refractivity contribution < 1.29 is 15.0 Å². The van der Waals surface area contributed by atoms with Gasteiger partial charge in [0.25, 0.3) is 0 Å². The van der Waals surface area contributed by atoms with Crippen molar-refractivity contribution >= 4 is 5.97 Å². The number of aliphatic carboxylic acids is 1. The molecule has 0 aromatic rings. The molecule has 0 amide bonds. The number of carbonyl (C=O) groups is 1. The molecule has 3 nitrogen and oxygen atoms in total. The van der Waals surface area contributed by atoms with Crippen molar-refractivity contribution in [3.05, 3.63) is 36.5 Å². The fourth-order valence-corrected chi connectivity index (χ4v) is 1.56. The second-order valence-corrected chi connectivity index (χ2v) is 4.49. The van der Waals surface area contributed by atoms with Gasteiger partial charge < -0.3 is 10.2 Å². The van der Waals surface area contributed by atoms with Gasteiger partial charge in [0.1, 0.15) is 0 Å². The third kappa shape index (κ3) is 14.6. The number of allylic oxidation sites excluding steroid dienone is 4. The molecule has 0 bridgehead atoms. The predicted octanol–water partition coefficient (Wildman–Crippen LogP) is 3.85. The zero-order valence-corrected chi connectivity index (χ0v) is 11.8. The predicted molar refractivity (Wildman–Crippen MR) is 79.1 cm³/mol. The molecule has 0 spiro atoms. The summed E-state index contributed by atoms with van der Waals surface area (Å²) < 4.78 is 0. The molecular formula is C16H26O3. The van der Waals surface area contributed by atoms with E-state index in [1.165, 1.54) is 0 Å². The zero-order chi connectivity index (χ0) is 14.3. The molecule has 1 unspecified atom stereocenters. The molecule has 0 aliphatic carbocycles. The van der Waals surface area contributed by atoms with E-state index < -0.39 is 12.1 Å². The van der Waals surface area contributed by atoms with E-state index in [2.05, 4.69) is 6.92 Å². The minimum Gasteiger partial charge on any atom is -0.481 e. The Morgan fingerprint density at radius 2 is 1.89 bits per heavy atom. The van der Waals surface area contributed by atoms with Crippen LogP contribution < -0.4 is 0 Å². The largest absolute Gasteiger partial charge is 0.481 e. The highest BCUT2D eigenvalue weighted by Gasteiger charge is 1.95. The fraction of sp³-hybridized carbons (Fsp3) is 0.562. The third-order valence-corrected chi connectivity index (χ3v) is 2.62. The highest BCUT2D eigenvalue weighted by Crippen LogP contribution is 2.04. The van der Waals surface area contributed by atoms with E-state index >= 15 is 0 Å². The lowest BCUT2D eigenvalue weighted by atomic mass is 10.1. The number of aliphatic hydroxyl groups is 1. The number of hydrogen-bond acceptors (Lipinski definition) is 2. The van der Waals surface area contributed by atoms with Gasteiger partial charge in [0, 0.05) is 6.42 Å². The van der Waals surface area contributed by atoms with E-state index in [0.29, 0.717) is 6.42 Å². The van der Waals surface area contributed by atoms with E-state index in [1.807, 2.05) is 30.4 Å². The summed E-state index contributed by atoms with van der Waals surface area (Å²) in [5.74, 6) is -0.718. The maximum absolute atomic E-state index is 10.3. The fourth-order valence-electron chi connectivity index (χ4n) is 1.56. The van der Waals surface area contributed by atoms with Gasteiger partial charge in [0.15, 0.2) is 0 Å². The second-order valence-electron chi connectivity index (χ2n) is 4.49. The van der Waals surface area contributed by atoms with E-state index in [0.717, 1.165) is 32.1 Å². The normalized spacial score (nSPS) is 13.8. The van der Waals surface area contributed by atoms with E-state index in [-0.39, 0.29) is 6.42 Å². The second kappa shape index (κ2) is 13.1. The van der Waals surface area contributed by atoms with Gasteiger partial charge in [-0.3, -0.25) is 4.79 Å². The summed E-state index contributed by atoms with van der Waals surface area (Å²) in [7, 11) is 0. The lowest BCUT2D eigenvalue weighted by Crippen LogP contribution is -1.98. The molecule has 0 rings (SSSR count). The van der Waals surface area contributed by atoms with E-state index in [1.54, 1.807) is 6.08 Å². The van der Waals surface area contributed by atoms with E-state index in [9.17, 15) is 9.90 Å². The lowest BCUT2D eigenvalue weighted by molar-refractivity contribution is -0.137.